The van der Waals surface area contributed by atoms with E-state index in [1.807, 2.05) is 24.3 Å². The summed E-state index contributed by atoms with van der Waals surface area (Å²) in [5, 5.41) is 3.14. The van der Waals surface area contributed by atoms with Crippen molar-refractivity contribution >= 4 is 33.3 Å². The predicted octanol–water partition coefficient (Wildman–Crippen LogP) is 2.27. The van der Waals surface area contributed by atoms with Crippen LogP contribution in [0, 0.1) is 0 Å². The van der Waals surface area contributed by atoms with Crippen LogP contribution >= 0.6 is 15.9 Å². The Hall–Kier alpha value is -1.66. The number of benzene rings is 1. The number of nitrogens with zero attached hydrogens (tertiary/aromatic N) is 2. The molecule has 2 rings (SSSR count). The molecular weight excluding hydrogens is 270 g/mol. The molecule has 0 aliphatic heterocycles. The maximum Gasteiger partial charge on any atom is 0.145 e. The van der Waals surface area contributed by atoms with Crippen LogP contribution in [0.25, 0.3) is 0 Å². The van der Waals surface area contributed by atoms with Crippen LogP contribution in [0.4, 0.5) is 17.3 Å². The van der Waals surface area contributed by atoms with Gasteiger partial charge >= 0.3 is 0 Å². The van der Waals surface area contributed by atoms with Gasteiger partial charge in [-0.1, -0.05) is 22.0 Å². The number of anilines is 3. The molecule has 2 aromatic rings. The third kappa shape index (κ3) is 2.68. The van der Waals surface area contributed by atoms with Gasteiger partial charge in [0.2, 0.25) is 0 Å². The van der Waals surface area contributed by atoms with E-state index < -0.39 is 0 Å². The molecule has 1 aromatic heterocycles. The smallest absolute Gasteiger partial charge is 0.145 e. The second kappa shape index (κ2) is 4.91. The summed E-state index contributed by atoms with van der Waals surface area (Å²) in [6.07, 6.45) is 1.44. The Morgan fingerprint density at radius 1 is 1.12 bits per heavy atom. The van der Waals surface area contributed by atoms with Crippen LogP contribution in [0.2, 0.25) is 0 Å². The van der Waals surface area contributed by atoms with Gasteiger partial charge in [0.1, 0.15) is 18.0 Å². The molecule has 1 aromatic carbocycles. The molecule has 0 aliphatic rings. The second-order valence-electron chi connectivity index (χ2n) is 3.07. The van der Waals surface area contributed by atoms with Gasteiger partial charge in [0.25, 0.3) is 0 Å². The van der Waals surface area contributed by atoms with E-state index in [-0.39, 0.29) is 0 Å². The summed E-state index contributed by atoms with van der Waals surface area (Å²) in [5.41, 5.74) is 3.40. The highest BCUT2D eigenvalue weighted by Crippen LogP contribution is 2.19. The summed E-state index contributed by atoms with van der Waals surface area (Å²) in [4.78, 5) is 8.00. The van der Waals surface area contributed by atoms with Crippen LogP contribution < -0.4 is 16.6 Å². The number of aromatic nitrogens is 2. The minimum atomic E-state index is 0.562. The van der Waals surface area contributed by atoms with E-state index in [4.69, 9.17) is 5.84 Å². The zero-order valence-corrected chi connectivity index (χ0v) is 9.90. The lowest BCUT2D eigenvalue weighted by atomic mass is 10.3. The molecule has 1 heterocycles. The molecule has 0 fully saturated rings. The molecule has 0 amide bonds. The number of hydrazine groups is 1. The molecule has 16 heavy (non-hydrogen) atoms. The molecule has 5 nitrogen and oxygen atoms in total. The van der Waals surface area contributed by atoms with Gasteiger partial charge in [0, 0.05) is 16.2 Å². The van der Waals surface area contributed by atoms with Crippen molar-refractivity contribution < 1.29 is 0 Å². The van der Waals surface area contributed by atoms with Crippen molar-refractivity contribution in [1.82, 2.24) is 9.97 Å². The van der Waals surface area contributed by atoms with Crippen LogP contribution in [0.15, 0.2) is 41.1 Å². The number of hydrogen-bond acceptors (Lipinski definition) is 5. The second-order valence-corrected chi connectivity index (χ2v) is 3.98. The van der Waals surface area contributed by atoms with E-state index in [0.29, 0.717) is 11.6 Å². The molecule has 6 heteroatoms. The molecule has 0 saturated heterocycles. The lowest BCUT2D eigenvalue weighted by Crippen LogP contribution is -2.09. The first-order valence-electron chi connectivity index (χ1n) is 4.59. The maximum atomic E-state index is 5.26. The zero-order chi connectivity index (χ0) is 11.4. The van der Waals surface area contributed by atoms with Gasteiger partial charge in [-0.25, -0.2) is 15.8 Å². The Balaban J connectivity index is 2.20. The lowest BCUT2D eigenvalue weighted by Gasteiger charge is -2.06. The highest BCUT2D eigenvalue weighted by atomic mass is 79.9. The standard InChI is InChI=1S/C10H10BrN5/c11-7-2-1-3-8(4-7)15-9-5-10(16-12)14-6-13-9/h1-6H,12H2,(H2,13,14,15,16). The highest BCUT2D eigenvalue weighted by molar-refractivity contribution is 9.10. The highest BCUT2D eigenvalue weighted by Gasteiger charge is 1.98. The van der Waals surface area contributed by atoms with Crippen LogP contribution in [0.3, 0.4) is 0 Å². The molecule has 0 aliphatic carbocycles. The van der Waals surface area contributed by atoms with Crippen molar-refractivity contribution in [3.8, 4) is 0 Å². The Labute approximate surface area is 101 Å². The molecule has 4 N–H and O–H groups in total. The largest absolute Gasteiger partial charge is 0.340 e. The minimum Gasteiger partial charge on any atom is -0.340 e. The molecule has 0 bridgehead atoms. The van der Waals surface area contributed by atoms with Gasteiger partial charge in [-0.2, -0.15) is 0 Å². The number of rotatable bonds is 3. The molecule has 0 radical (unpaired) electrons. The van der Waals surface area contributed by atoms with Crippen molar-refractivity contribution in [2.45, 2.75) is 0 Å². The van der Waals surface area contributed by atoms with Crippen molar-refractivity contribution in [3.05, 3.63) is 41.1 Å². The van der Waals surface area contributed by atoms with Crippen molar-refractivity contribution in [2.75, 3.05) is 10.7 Å². The normalized spacial score (nSPS) is 9.88. The van der Waals surface area contributed by atoms with E-state index >= 15 is 0 Å². The number of halogens is 1. The maximum absolute atomic E-state index is 5.26. The molecule has 0 saturated carbocycles. The van der Waals surface area contributed by atoms with E-state index in [1.165, 1.54) is 6.33 Å². The molecular formula is C10H10BrN5. The summed E-state index contributed by atoms with van der Waals surface area (Å²) in [7, 11) is 0. The SMILES string of the molecule is NNc1cc(Nc2cccc(Br)c2)ncn1. The van der Waals surface area contributed by atoms with Gasteiger partial charge in [0.05, 0.1) is 0 Å². The van der Waals surface area contributed by atoms with Crippen molar-refractivity contribution in [1.29, 1.82) is 0 Å². The predicted molar refractivity (Wildman–Crippen MR) is 67.3 cm³/mol. The van der Waals surface area contributed by atoms with E-state index in [1.54, 1.807) is 6.07 Å². The first kappa shape index (κ1) is 10.8. The topological polar surface area (TPSA) is 75.9 Å². The third-order valence-electron chi connectivity index (χ3n) is 1.91. The Morgan fingerprint density at radius 2 is 1.94 bits per heavy atom. The van der Waals surface area contributed by atoms with Gasteiger partial charge in [-0.15, -0.1) is 0 Å². The Morgan fingerprint density at radius 3 is 2.69 bits per heavy atom. The van der Waals surface area contributed by atoms with Crippen molar-refractivity contribution in [2.24, 2.45) is 5.84 Å². The zero-order valence-electron chi connectivity index (χ0n) is 8.31. The number of nitrogens with two attached hydrogens (primary N) is 1. The van der Waals surface area contributed by atoms with E-state index in [9.17, 15) is 0 Å². The quantitative estimate of drug-likeness (QED) is 0.594. The summed E-state index contributed by atoms with van der Waals surface area (Å²) in [6, 6.07) is 9.52. The van der Waals surface area contributed by atoms with Crippen LogP contribution in [-0.4, -0.2) is 9.97 Å². The molecule has 0 spiro atoms. The summed E-state index contributed by atoms with van der Waals surface area (Å²) in [6.45, 7) is 0. The summed E-state index contributed by atoms with van der Waals surface area (Å²) < 4.78 is 1.00. The van der Waals surface area contributed by atoms with E-state index in [2.05, 4.69) is 36.6 Å². The number of hydrogen-bond donors (Lipinski definition) is 3. The van der Waals surface area contributed by atoms with E-state index in [0.717, 1.165) is 10.2 Å². The summed E-state index contributed by atoms with van der Waals surface area (Å²) in [5.74, 6) is 6.50. The van der Waals surface area contributed by atoms with Gasteiger partial charge in [0.15, 0.2) is 0 Å². The summed E-state index contributed by atoms with van der Waals surface area (Å²) >= 11 is 3.40. The fourth-order valence-electron chi connectivity index (χ4n) is 1.22. The first-order chi connectivity index (χ1) is 7.78. The van der Waals surface area contributed by atoms with Gasteiger partial charge < -0.3 is 10.7 Å². The Bertz CT molecular complexity index is 488. The number of nitrogens with one attached hydrogen (secondary N) is 2. The monoisotopic (exact) mass is 279 g/mol. The minimum absolute atomic E-state index is 0.562. The number of nitrogen functional groups attached to an aromatic ring is 1. The fourth-order valence-corrected chi connectivity index (χ4v) is 1.62. The van der Waals surface area contributed by atoms with Crippen LogP contribution in [0.1, 0.15) is 0 Å². The molecule has 82 valence electrons. The van der Waals surface area contributed by atoms with Crippen LogP contribution in [0.5, 0.6) is 0 Å². The van der Waals surface area contributed by atoms with Crippen LogP contribution in [-0.2, 0) is 0 Å². The average Bonchev–Trinajstić information content (AvgIpc) is 2.29. The third-order valence-corrected chi connectivity index (χ3v) is 2.41. The fraction of sp³-hybridized carbons (Fsp3) is 0. The van der Waals surface area contributed by atoms with Crippen molar-refractivity contribution in [3.63, 3.8) is 0 Å². The molecule has 0 atom stereocenters. The lowest BCUT2D eigenvalue weighted by molar-refractivity contribution is 1.14. The average molecular weight is 280 g/mol. The molecule has 0 unspecified atom stereocenters. The van der Waals surface area contributed by atoms with Gasteiger partial charge in [-0.05, 0) is 18.2 Å². The Kier molecular flexibility index (Phi) is 3.33. The van der Waals surface area contributed by atoms with Gasteiger partial charge in [-0.3, -0.25) is 0 Å². The first-order valence-corrected chi connectivity index (χ1v) is 5.38.